The molecule has 2 aromatic heterocycles. The Morgan fingerprint density at radius 1 is 1.14 bits per heavy atom. The van der Waals surface area contributed by atoms with Gasteiger partial charge in [-0.15, -0.1) is 0 Å². The summed E-state index contributed by atoms with van der Waals surface area (Å²) in [5, 5.41) is 12.0. The minimum absolute atomic E-state index is 0.327. The van der Waals surface area contributed by atoms with E-state index in [2.05, 4.69) is 26.8 Å². The van der Waals surface area contributed by atoms with Crippen molar-refractivity contribution in [3.63, 3.8) is 0 Å². The van der Waals surface area contributed by atoms with Crippen molar-refractivity contribution < 1.29 is 18.3 Å². The number of aromatic nitrogens is 2. The highest BCUT2D eigenvalue weighted by atomic mass is 32.1. The Balaban J connectivity index is 1.57. The summed E-state index contributed by atoms with van der Waals surface area (Å²) < 4.78 is 38.2. The molecule has 0 fully saturated rings. The van der Waals surface area contributed by atoms with Gasteiger partial charge in [-0.05, 0) is 60.0 Å². The van der Waals surface area contributed by atoms with Crippen molar-refractivity contribution in [2.75, 3.05) is 0 Å². The highest BCUT2D eigenvalue weighted by molar-refractivity contribution is 7.18. The molecule has 35 heavy (non-hydrogen) atoms. The highest BCUT2D eigenvalue weighted by Gasteiger charge is 2.29. The van der Waals surface area contributed by atoms with Gasteiger partial charge in [0, 0.05) is 30.0 Å². The van der Waals surface area contributed by atoms with Crippen LogP contribution in [0.3, 0.4) is 0 Å². The Labute approximate surface area is 204 Å². The number of hydrogen-bond donors (Lipinski definition) is 2. The highest BCUT2D eigenvalue weighted by Crippen LogP contribution is 2.35. The first-order valence-corrected chi connectivity index (χ1v) is 11.5. The van der Waals surface area contributed by atoms with E-state index in [1.165, 1.54) is 29.7 Å². The van der Waals surface area contributed by atoms with E-state index < -0.39 is 23.9 Å². The van der Waals surface area contributed by atoms with Crippen LogP contribution in [-0.4, -0.2) is 33.4 Å². The van der Waals surface area contributed by atoms with Gasteiger partial charge in [0.25, 0.3) is 0 Å². The van der Waals surface area contributed by atoms with E-state index in [0.717, 1.165) is 33.3 Å². The van der Waals surface area contributed by atoms with Gasteiger partial charge in [-0.1, -0.05) is 41.5 Å². The average Bonchev–Trinajstić information content (AvgIpc) is 3.24. The van der Waals surface area contributed by atoms with Crippen LogP contribution in [0.25, 0.3) is 21.2 Å². The number of alkyl halides is 3. The number of nitrogens with zero attached hydrogens (tertiary/aromatic N) is 3. The van der Waals surface area contributed by atoms with Crippen molar-refractivity contribution in [2.45, 2.75) is 31.7 Å². The topological polar surface area (TPSA) is 84.4 Å². The van der Waals surface area contributed by atoms with Gasteiger partial charge in [0.05, 0.1) is 10.4 Å². The van der Waals surface area contributed by atoms with E-state index in [1.54, 1.807) is 19.3 Å². The van der Waals surface area contributed by atoms with Crippen molar-refractivity contribution in [3.05, 3.63) is 77.7 Å². The fourth-order valence-corrected chi connectivity index (χ4v) is 4.23. The lowest BCUT2D eigenvalue weighted by Gasteiger charge is -2.09. The third-order valence-corrected chi connectivity index (χ3v) is 6.06. The van der Waals surface area contributed by atoms with Gasteiger partial charge in [0.15, 0.2) is 0 Å². The molecule has 2 atom stereocenters. The van der Waals surface area contributed by atoms with Crippen molar-refractivity contribution in [2.24, 2.45) is 10.7 Å². The van der Waals surface area contributed by atoms with E-state index in [4.69, 9.17) is 5.73 Å². The molecule has 0 aliphatic rings. The van der Waals surface area contributed by atoms with Crippen LogP contribution in [0.15, 0.2) is 65.9 Å². The second-order valence-electron chi connectivity index (χ2n) is 7.90. The molecule has 0 saturated heterocycles. The molecule has 178 valence electrons. The van der Waals surface area contributed by atoms with Crippen molar-refractivity contribution >= 4 is 33.5 Å². The number of aliphatic hydroxyl groups is 1. The molecule has 1 unspecified atom stereocenters. The fourth-order valence-electron chi connectivity index (χ4n) is 3.36. The largest absolute Gasteiger partial charge is 0.416 e. The number of thiazole rings is 1. The van der Waals surface area contributed by atoms with E-state index in [-0.39, 0.29) is 0 Å². The molecule has 3 N–H and O–H groups in total. The second kappa shape index (κ2) is 10.4. The Bertz CT molecular complexity index is 1420. The van der Waals surface area contributed by atoms with Gasteiger partial charge in [0.1, 0.15) is 11.8 Å². The lowest BCUT2D eigenvalue weighted by Crippen LogP contribution is -2.24. The lowest BCUT2D eigenvalue weighted by atomic mass is 10.1. The zero-order chi connectivity index (χ0) is 25.0. The Hall–Kier alpha value is -3.58. The Morgan fingerprint density at radius 2 is 1.91 bits per heavy atom. The van der Waals surface area contributed by atoms with Crippen molar-refractivity contribution in [1.29, 1.82) is 0 Å². The Kier molecular flexibility index (Phi) is 7.26. The summed E-state index contributed by atoms with van der Waals surface area (Å²) >= 11 is 1.34. The monoisotopic (exact) mass is 494 g/mol. The second-order valence-corrected chi connectivity index (χ2v) is 8.88. The van der Waals surface area contributed by atoms with E-state index in [1.807, 2.05) is 24.3 Å². The SMILES string of the molecule is CC(O)C#Cc1nc(N=C[C@@H](N)Cc2ccc(C(F)(F)F)cc2)sc1-c1ccc2cnccc2c1. The van der Waals surface area contributed by atoms with Gasteiger partial charge >= 0.3 is 6.18 Å². The number of aliphatic hydroxyl groups excluding tert-OH is 1. The van der Waals surface area contributed by atoms with Crippen LogP contribution >= 0.6 is 11.3 Å². The van der Waals surface area contributed by atoms with Gasteiger partial charge in [-0.3, -0.25) is 4.98 Å². The van der Waals surface area contributed by atoms with Crippen LogP contribution in [0.4, 0.5) is 18.3 Å². The molecule has 0 saturated carbocycles. The van der Waals surface area contributed by atoms with Gasteiger partial charge in [-0.25, -0.2) is 9.98 Å². The smallest absolute Gasteiger partial charge is 0.381 e. The van der Waals surface area contributed by atoms with E-state index >= 15 is 0 Å². The average molecular weight is 495 g/mol. The summed E-state index contributed by atoms with van der Waals surface area (Å²) in [4.78, 5) is 13.8. The van der Waals surface area contributed by atoms with Crippen LogP contribution in [0.5, 0.6) is 0 Å². The summed E-state index contributed by atoms with van der Waals surface area (Å²) in [6.07, 6.45) is 0.178. The molecule has 5 nitrogen and oxygen atoms in total. The predicted molar refractivity (Wildman–Crippen MR) is 133 cm³/mol. The summed E-state index contributed by atoms with van der Waals surface area (Å²) in [5.41, 5.74) is 7.51. The number of fused-ring (bicyclic) bond motifs is 1. The van der Waals surface area contributed by atoms with Crippen molar-refractivity contribution in [3.8, 4) is 22.3 Å². The summed E-state index contributed by atoms with van der Waals surface area (Å²) in [6.45, 7) is 1.57. The molecule has 2 aromatic carbocycles. The number of halogens is 3. The van der Waals surface area contributed by atoms with Crippen LogP contribution in [0.1, 0.15) is 23.7 Å². The molecule has 0 amide bonds. The third kappa shape index (κ3) is 6.31. The molecular formula is C26H21F3N4OS. The standard InChI is InChI=1S/C26H21F3N4OS/c1-16(34)2-9-23-24(19-5-6-20-14-31-11-10-18(20)13-19)35-25(33-23)32-15-22(30)12-17-3-7-21(8-4-17)26(27,28)29/h3-8,10-11,13-16,22,34H,12,30H2,1H3/t16?,22-/m0/s1. The first-order chi connectivity index (χ1) is 16.7. The quantitative estimate of drug-likeness (QED) is 0.288. The van der Waals surface area contributed by atoms with E-state index in [9.17, 15) is 18.3 Å². The molecule has 0 aliphatic heterocycles. The molecule has 4 rings (SSSR count). The molecule has 9 heteroatoms. The molecule has 2 heterocycles. The lowest BCUT2D eigenvalue weighted by molar-refractivity contribution is -0.137. The minimum atomic E-state index is -4.37. The van der Waals surface area contributed by atoms with E-state index in [0.29, 0.717) is 22.8 Å². The number of aliphatic imine (C=N–C) groups is 1. The zero-order valence-corrected chi connectivity index (χ0v) is 19.4. The van der Waals surface area contributed by atoms with Gasteiger partial charge in [0.2, 0.25) is 5.13 Å². The number of nitrogens with two attached hydrogens (primary N) is 1. The molecular weight excluding hydrogens is 473 g/mol. The zero-order valence-electron chi connectivity index (χ0n) is 18.6. The molecule has 4 aromatic rings. The number of rotatable bonds is 5. The molecule has 0 aliphatic carbocycles. The first kappa shape index (κ1) is 24.5. The predicted octanol–water partition coefficient (Wildman–Crippen LogP) is 5.38. The van der Waals surface area contributed by atoms with Gasteiger partial charge in [-0.2, -0.15) is 13.2 Å². The summed E-state index contributed by atoms with van der Waals surface area (Å²) in [6, 6.07) is 12.2. The third-order valence-electron chi connectivity index (χ3n) is 5.05. The van der Waals surface area contributed by atoms with Crippen LogP contribution in [-0.2, 0) is 12.6 Å². The van der Waals surface area contributed by atoms with Crippen molar-refractivity contribution in [1.82, 2.24) is 9.97 Å². The maximum absolute atomic E-state index is 12.7. The Morgan fingerprint density at radius 3 is 2.63 bits per heavy atom. The molecule has 0 bridgehead atoms. The molecule has 0 spiro atoms. The first-order valence-electron chi connectivity index (χ1n) is 10.7. The van der Waals surface area contributed by atoms with Crippen LogP contribution in [0.2, 0.25) is 0 Å². The van der Waals surface area contributed by atoms with Crippen LogP contribution < -0.4 is 5.73 Å². The maximum atomic E-state index is 12.7. The normalized spacial score (nSPS) is 13.5. The molecule has 0 radical (unpaired) electrons. The summed E-state index contributed by atoms with van der Waals surface area (Å²) in [7, 11) is 0. The number of benzene rings is 2. The summed E-state index contributed by atoms with van der Waals surface area (Å²) in [5.74, 6) is 5.63. The maximum Gasteiger partial charge on any atom is 0.416 e. The number of hydrogen-bond acceptors (Lipinski definition) is 6. The van der Waals surface area contributed by atoms with Gasteiger partial charge < -0.3 is 10.8 Å². The van der Waals surface area contributed by atoms with Crippen LogP contribution in [0, 0.1) is 11.8 Å². The minimum Gasteiger partial charge on any atom is -0.381 e. The number of pyridine rings is 1. The fraction of sp³-hybridized carbons (Fsp3) is 0.192.